The van der Waals surface area contributed by atoms with E-state index in [1.54, 1.807) is 0 Å². The lowest BCUT2D eigenvalue weighted by atomic mass is 9.91. The Morgan fingerprint density at radius 3 is 2.05 bits per heavy atom. The molecule has 2 N–H and O–H groups in total. The van der Waals surface area contributed by atoms with Crippen LogP contribution in [0.25, 0.3) is 0 Å². The summed E-state index contributed by atoms with van der Waals surface area (Å²) in [7, 11) is 2.05. The maximum atomic E-state index is 12.4. The number of hydrogen-bond donors (Lipinski definition) is 2. The first-order valence-corrected chi connectivity index (χ1v) is 8.25. The van der Waals surface area contributed by atoms with Crippen LogP contribution in [0.15, 0.2) is 0 Å². The Morgan fingerprint density at radius 1 is 0.895 bits per heavy atom. The molecule has 0 aromatic carbocycles. The Morgan fingerprint density at radius 2 is 1.47 bits per heavy atom. The lowest BCUT2D eigenvalue weighted by molar-refractivity contribution is -0.124. The second-order valence-corrected chi connectivity index (χ2v) is 7.36. The minimum absolute atomic E-state index is 0.402. The van der Waals surface area contributed by atoms with Crippen molar-refractivity contribution in [2.24, 2.45) is 29.6 Å². The molecule has 0 aromatic rings. The van der Waals surface area contributed by atoms with Crippen molar-refractivity contribution in [3.05, 3.63) is 0 Å². The molecule has 4 saturated carbocycles. The highest BCUT2D eigenvalue weighted by molar-refractivity contribution is 5.83. The van der Waals surface area contributed by atoms with E-state index >= 15 is 0 Å². The fourth-order valence-electron chi connectivity index (χ4n) is 5.50. The molecule has 3 nitrogen and oxygen atoms in total. The van der Waals surface area contributed by atoms with E-state index in [2.05, 4.69) is 10.6 Å². The van der Waals surface area contributed by atoms with Gasteiger partial charge in [0.05, 0.1) is 0 Å². The van der Waals surface area contributed by atoms with E-state index in [1.165, 1.54) is 32.1 Å². The van der Waals surface area contributed by atoms with E-state index in [1.807, 2.05) is 7.05 Å². The molecule has 4 unspecified atom stereocenters. The van der Waals surface area contributed by atoms with Gasteiger partial charge in [-0.05, 0) is 75.7 Å². The van der Waals surface area contributed by atoms with Crippen molar-refractivity contribution in [1.29, 1.82) is 0 Å². The van der Waals surface area contributed by atoms with Gasteiger partial charge in [-0.2, -0.15) is 0 Å². The third-order valence-electron chi connectivity index (χ3n) is 6.52. The Balaban J connectivity index is 1.29. The average Bonchev–Trinajstić information content (AvgIpc) is 2.89. The van der Waals surface area contributed by atoms with Gasteiger partial charge in [-0.3, -0.25) is 4.79 Å². The van der Waals surface area contributed by atoms with Crippen molar-refractivity contribution in [2.75, 3.05) is 7.05 Å². The summed E-state index contributed by atoms with van der Waals surface area (Å²) >= 11 is 0. The van der Waals surface area contributed by atoms with Crippen LogP contribution in [0.2, 0.25) is 0 Å². The number of fused-ring (bicyclic) bond motifs is 5. The molecule has 0 heterocycles. The Labute approximate surface area is 115 Å². The monoisotopic (exact) mass is 262 g/mol. The molecular formula is C16H26N2O. The Kier molecular flexibility index (Phi) is 2.87. The van der Waals surface area contributed by atoms with Crippen LogP contribution < -0.4 is 10.6 Å². The molecule has 4 aliphatic carbocycles. The molecule has 4 atom stereocenters. The van der Waals surface area contributed by atoms with E-state index in [9.17, 15) is 4.79 Å². The molecule has 3 heteroatoms. The molecular weight excluding hydrogens is 236 g/mol. The van der Waals surface area contributed by atoms with Gasteiger partial charge in [0.1, 0.15) is 0 Å². The molecule has 0 radical (unpaired) electrons. The highest BCUT2D eigenvalue weighted by Gasteiger charge is 2.67. The lowest BCUT2D eigenvalue weighted by Crippen LogP contribution is -2.42. The summed E-state index contributed by atoms with van der Waals surface area (Å²) in [6.45, 7) is 0. The highest BCUT2D eigenvalue weighted by atomic mass is 16.2. The van der Waals surface area contributed by atoms with Crippen molar-refractivity contribution in [3.8, 4) is 0 Å². The van der Waals surface area contributed by atoms with Crippen LogP contribution in [0.5, 0.6) is 0 Å². The van der Waals surface area contributed by atoms with Crippen molar-refractivity contribution in [3.63, 3.8) is 0 Å². The zero-order valence-corrected chi connectivity index (χ0v) is 11.9. The molecule has 1 amide bonds. The highest BCUT2D eigenvalue weighted by Crippen LogP contribution is 2.69. The van der Waals surface area contributed by atoms with Crippen molar-refractivity contribution >= 4 is 5.91 Å². The summed E-state index contributed by atoms with van der Waals surface area (Å²) in [5.74, 6) is 4.20. The minimum atomic E-state index is 0.402. The number of hydrogen-bond acceptors (Lipinski definition) is 2. The van der Waals surface area contributed by atoms with Gasteiger partial charge in [0, 0.05) is 18.0 Å². The molecule has 4 aliphatic rings. The van der Waals surface area contributed by atoms with Gasteiger partial charge in [0.2, 0.25) is 5.91 Å². The quantitative estimate of drug-likeness (QED) is 0.816. The number of rotatable bonds is 3. The molecule has 0 saturated heterocycles. The van der Waals surface area contributed by atoms with Crippen LogP contribution in [0.4, 0.5) is 0 Å². The van der Waals surface area contributed by atoms with Gasteiger partial charge >= 0.3 is 0 Å². The van der Waals surface area contributed by atoms with Crippen LogP contribution in [0.1, 0.15) is 44.9 Å². The van der Waals surface area contributed by atoms with Gasteiger partial charge in [-0.25, -0.2) is 0 Å². The number of nitrogens with one attached hydrogen (secondary N) is 2. The fourth-order valence-corrected chi connectivity index (χ4v) is 5.50. The van der Waals surface area contributed by atoms with Crippen molar-refractivity contribution in [1.82, 2.24) is 10.6 Å². The largest absolute Gasteiger partial charge is 0.353 e. The van der Waals surface area contributed by atoms with E-state index in [0.717, 1.165) is 36.5 Å². The summed E-state index contributed by atoms with van der Waals surface area (Å²) in [5, 5.41) is 6.71. The molecule has 0 aromatic heterocycles. The minimum Gasteiger partial charge on any atom is -0.353 e. The SMILES string of the molecule is CNC1CCC(NC(=O)C2C3C4CCC(C4)C23)CC1. The smallest absolute Gasteiger partial charge is 0.223 e. The van der Waals surface area contributed by atoms with E-state index in [0.29, 0.717) is 23.9 Å². The third kappa shape index (κ3) is 1.93. The second-order valence-electron chi connectivity index (χ2n) is 7.36. The van der Waals surface area contributed by atoms with Gasteiger partial charge in [-0.15, -0.1) is 0 Å². The normalized spacial score (nSPS) is 50.9. The molecule has 2 bridgehead atoms. The molecule has 19 heavy (non-hydrogen) atoms. The van der Waals surface area contributed by atoms with Gasteiger partial charge in [-0.1, -0.05) is 0 Å². The van der Waals surface area contributed by atoms with Crippen LogP contribution in [0, 0.1) is 29.6 Å². The average molecular weight is 262 g/mol. The number of carbonyl (C=O) groups excluding carboxylic acids is 1. The first-order valence-electron chi connectivity index (χ1n) is 8.25. The van der Waals surface area contributed by atoms with Gasteiger partial charge in [0.15, 0.2) is 0 Å². The Hall–Kier alpha value is -0.570. The third-order valence-corrected chi connectivity index (χ3v) is 6.52. The van der Waals surface area contributed by atoms with Crippen molar-refractivity contribution < 1.29 is 4.79 Å². The fraction of sp³-hybridized carbons (Fsp3) is 0.938. The number of amides is 1. The molecule has 0 spiro atoms. The summed E-state index contributed by atoms with van der Waals surface area (Å²) in [6, 6.07) is 1.13. The predicted molar refractivity (Wildman–Crippen MR) is 74.5 cm³/mol. The van der Waals surface area contributed by atoms with Gasteiger partial charge in [0.25, 0.3) is 0 Å². The zero-order valence-electron chi connectivity index (χ0n) is 11.9. The molecule has 4 rings (SSSR count). The van der Waals surface area contributed by atoms with E-state index in [-0.39, 0.29) is 0 Å². The van der Waals surface area contributed by atoms with Crippen molar-refractivity contribution in [2.45, 2.75) is 57.0 Å². The molecule has 106 valence electrons. The molecule has 0 aliphatic heterocycles. The van der Waals surface area contributed by atoms with Gasteiger partial charge < -0.3 is 10.6 Å². The maximum Gasteiger partial charge on any atom is 0.223 e. The first-order chi connectivity index (χ1) is 9.28. The summed E-state index contributed by atoms with van der Waals surface area (Å²) < 4.78 is 0. The topological polar surface area (TPSA) is 41.1 Å². The predicted octanol–water partition coefficient (Wildman–Crippen LogP) is 1.93. The summed E-state index contributed by atoms with van der Waals surface area (Å²) in [6.07, 6.45) is 8.99. The van der Waals surface area contributed by atoms with Crippen LogP contribution in [0.3, 0.4) is 0 Å². The summed E-state index contributed by atoms with van der Waals surface area (Å²) in [4.78, 5) is 12.4. The van der Waals surface area contributed by atoms with Crippen LogP contribution in [-0.2, 0) is 4.79 Å². The summed E-state index contributed by atoms with van der Waals surface area (Å²) in [5.41, 5.74) is 0. The maximum absolute atomic E-state index is 12.4. The van der Waals surface area contributed by atoms with Crippen LogP contribution in [-0.4, -0.2) is 25.0 Å². The number of carbonyl (C=O) groups is 1. The lowest BCUT2D eigenvalue weighted by Gasteiger charge is -2.29. The zero-order chi connectivity index (χ0) is 13.0. The second kappa shape index (κ2) is 4.47. The standard InChI is InChI=1S/C16H26N2O/c1-17-11-4-6-12(7-5-11)18-16(19)15-13-9-2-3-10(8-9)14(13)15/h9-15,17H,2-8H2,1H3,(H,18,19). The Bertz CT molecular complexity index is 359. The first kappa shape index (κ1) is 12.2. The van der Waals surface area contributed by atoms with E-state index < -0.39 is 0 Å². The molecule has 4 fully saturated rings. The van der Waals surface area contributed by atoms with Crippen LogP contribution >= 0.6 is 0 Å². The van der Waals surface area contributed by atoms with E-state index in [4.69, 9.17) is 0 Å².